The van der Waals surface area contributed by atoms with Gasteiger partial charge in [0.15, 0.2) is 0 Å². The second-order valence-corrected chi connectivity index (χ2v) is 8.55. The number of aromatic nitrogens is 2. The Balaban J connectivity index is 1.78. The van der Waals surface area contributed by atoms with E-state index in [1.165, 1.54) is 16.7 Å². The van der Waals surface area contributed by atoms with Gasteiger partial charge in [-0.25, -0.2) is 9.24 Å². The van der Waals surface area contributed by atoms with Gasteiger partial charge in [-0.05, 0) is 62.7 Å². The number of piperidine rings is 1. The molecule has 1 aromatic heterocycles. The summed E-state index contributed by atoms with van der Waals surface area (Å²) < 4.78 is 27.1. The van der Waals surface area contributed by atoms with Crippen molar-refractivity contribution in [1.82, 2.24) is 14.5 Å². The van der Waals surface area contributed by atoms with Crippen LogP contribution in [0.15, 0.2) is 47.3 Å². The predicted octanol–water partition coefficient (Wildman–Crippen LogP) is 4.53. The van der Waals surface area contributed by atoms with Crippen LogP contribution in [0, 0.1) is 18.3 Å². The maximum absolute atomic E-state index is 14.5. The van der Waals surface area contributed by atoms with Crippen molar-refractivity contribution >= 4 is 5.69 Å². The first-order valence-corrected chi connectivity index (χ1v) is 11.2. The SMILES string of the molecule is [C-]#[N+]c1ccc(-c2nc(OCC3CCN(C)CC3)n(C)c(=O)c2-c2ccc(OC)cc2)cc1F. The number of hydrogen-bond donors (Lipinski definition) is 0. The molecule has 0 atom stereocenters. The Morgan fingerprint density at radius 1 is 1.12 bits per heavy atom. The van der Waals surface area contributed by atoms with E-state index in [1.54, 1.807) is 44.5 Å². The van der Waals surface area contributed by atoms with Crippen LogP contribution in [0.5, 0.6) is 11.8 Å². The summed E-state index contributed by atoms with van der Waals surface area (Å²) in [6.45, 7) is 9.59. The average molecular weight is 463 g/mol. The summed E-state index contributed by atoms with van der Waals surface area (Å²) >= 11 is 0. The molecule has 0 N–H and O–H groups in total. The van der Waals surface area contributed by atoms with Gasteiger partial charge in [0.1, 0.15) is 11.6 Å². The highest BCUT2D eigenvalue weighted by Gasteiger charge is 2.22. The summed E-state index contributed by atoms with van der Waals surface area (Å²) in [5.41, 5.74) is 1.27. The first kappa shape index (κ1) is 23.5. The van der Waals surface area contributed by atoms with E-state index in [-0.39, 0.29) is 17.3 Å². The minimum atomic E-state index is -0.663. The van der Waals surface area contributed by atoms with Crippen LogP contribution in [0.1, 0.15) is 12.8 Å². The lowest BCUT2D eigenvalue weighted by Gasteiger charge is -2.28. The Labute approximate surface area is 198 Å². The van der Waals surface area contributed by atoms with E-state index in [4.69, 9.17) is 16.0 Å². The summed E-state index contributed by atoms with van der Waals surface area (Å²) in [4.78, 5) is 23.6. The summed E-state index contributed by atoms with van der Waals surface area (Å²) in [5.74, 6) is 0.373. The van der Waals surface area contributed by atoms with E-state index in [0.29, 0.717) is 40.7 Å². The topological polar surface area (TPSA) is 61.0 Å². The molecule has 2 aromatic carbocycles. The molecule has 0 unspecified atom stereocenters. The lowest BCUT2D eigenvalue weighted by Crippen LogP contribution is -2.33. The molecule has 1 fully saturated rings. The fraction of sp³-hybridized carbons (Fsp3) is 0.346. The predicted molar refractivity (Wildman–Crippen MR) is 129 cm³/mol. The van der Waals surface area contributed by atoms with E-state index in [0.717, 1.165) is 25.9 Å². The van der Waals surface area contributed by atoms with Gasteiger partial charge in [0.05, 0.1) is 31.5 Å². The van der Waals surface area contributed by atoms with Gasteiger partial charge in [0, 0.05) is 12.6 Å². The lowest BCUT2D eigenvalue weighted by atomic mass is 9.98. The van der Waals surface area contributed by atoms with Gasteiger partial charge in [-0.3, -0.25) is 9.36 Å². The van der Waals surface area contributed by atoms with Gasteiger partial charge in [-0.1, -0.05) is 24.3 Å². The molecular weight excluding hydrogens is 435 g/mol. The van der Waals surface area contributed by atoms with Gasteiger partial charge >= 0.3 is 0 Å². The van der Waals surface area contributed by atoms with Crippen LogP contribution in [0.2, 0.25) is 0 Å². The van der Waals surface area contributed by atoms with Gasteiger partial charge in [0.25, 0.3) is 11.6 Å². The lowest BCUT2D eigenvalue weighted by molar-refractivity contribution is 0.150. The Bertz CT molecular complexity index is 1270. The van der Waals surface area contributed by atoms with Crippen molar-refractivity contribution in [2.45, 2.75) is 12.8 Å². The highest BCUT2D eigenvalue weighted by molar-refractivity contribution is 5.81. The third-order valence-electron chi connectivity index (χ3n) is 6.26. The second kappa shape index (κ2) is 10.1. The van der Waals surface area contributed by atoms with E-state index in [2.05, 4.69) is 21.8 Å². The monoisotopic (exact) mass is 462 g/mol. The molecular formula is C26H27FN4O3. The van der Waals surface area contributed by atoms with Crippen molar-refractivity contribution in [3.05, 3.63) is 70.1 Å². The zero-order valence-corrected chi connectivity index (χ0v) is 19.5. The number of nitrogens with zero attached hydrogens (tertiary/aromatic N) is 4. The molecule has 0 saturated carbocycles. The van der Waals surface area contributed by atoms with Crippen LogP contribution in [0.25, 0.3) is 27.2 Å². The molecule has 3 aromatic rings. The fourth-order valence-corrected chi connectivity index (χ4v) is 4.10. The van der Waals surface area contributed by atoms with Crippen molar-refractivity contribution in [2.75, 3.05) is 33.9 Å². The molecule has 0 spiro atoms. The number of hydrogen-bond acceptors (Lipinski definition) is 5. The Morgan fingerprint density at radius 2 is 1.79 bits per heavy atom. The van der Waals surface area contributed by atoms with Crippen LogP contribution >= 0.6 is 0 Å². The maximum Gasteiger partial charge on any atom is 0.299 e. The van der Waals surface area contributed by atoms with Gasteiger partial charge in [-0.2, -0.15) is 4.98 Å². The normalized spacial score (nSPS) is 14.6. The molecule has 0 aliphatic carbocycles. The van der Waals surface area contributed by atoms with E-state index in [9.17, 15) is 9.18 Å². The van der Waals surface area contributed by atoms with Crippen LogP contribution < -0.4 is 15.0 Å². The molecule has 0 amide bonds. The van der Waals surface area contributed by atoms with Crippen LogP contribution in [-0.4, -0.2) is 48.3 Å². The average Bonchev–Trinajstić information content (AvgIpc) is 2.86. The maximum atomic E-state index is 14.5. The minimum absolute atomic E-state index is 0.0858. The third-order valence-corrected chi connectivity index (χ3v) is 6.26. The number of benzene rings is 2. The molecule has 4 rings (SSSR count). The molecule has 0 bridgehead atoms. The standard InChI is InChI=1S/C26H27FN4O3/c1-28-22-10-7-19(15-21(22)27)24-23(18-5-8-20(33-4)9-6-18)25(32)31(3)26(29-24)34-16-17-11-13-30(2)14-12-17/h5-10,15,17H,11-14,16H2,2-4H3. The summed E-state index contributed by atoms with van der Waals surface area (Å²) in [6, 6.07) is 11.5. The van der Waals surface area contributed by atoms with Gasteiger partial charge in [0.2, 0.25) is 5.69 Å². The smallest absolute Gasteiger partial charge is 0.299 e. The summed E-state index contributed by atoms with van der Waals surface area (Å²) in [5, 5.41) is 0. The molecule has 34 heavy (non-hydrogen) atoms. The highest BCUT2D eigenvalue weighted by atomic mass is 19.1. The summed E-state index contributed by atoms with van der Waals surface area (Å²) in [7, 11) is 5.29. The second-order valence-electron chi connectivity index (χ2n) is 8.55. The fourth-order valence-electron chi connectivity index (χ4n) is 4.10. The Hall–Kier alpha value is -3.70. The molecule has 7 nitrogen and oxygen atoms in total. The number of methoxy groups -OCH3 is 1. The van der Waals surface area contributed by atoms with Crippen molar-refractivity contribution in [3.63, 3.8) is 0 Å². The molecule has 1 aliphatic heterocycles. The largest absolute Gasteiger partial charge is 0.497 e. The quantitative estimate of drug-likeness (QED) is 0.504. The van der Waals surface area contributed by atoms with Crippen LogP contribution in [0.4, 0.5) is 10.1 Å². The van der Waals surface area contributed by atoms with Crippen molar-refractivity contribution < 1.29 is 13.9 Å². The number of ether oxygens (including phenoxy) is 2. The van der Waals surface area contributed by atoms with Crippen molar-refractivity contribution in [1.29, 1.82) is 0 Å². The first-order valence-electron chi connectivity index (χ1n) is 11.2. The highest BCUT2D eigenvalue weighted by Crippen LogP contribution is 2.33. The third kappa shape index (κ3) is 4.80. The Morgan fingerprint density at radius 3 is 2.41 bits per heavy atom. The van der Waals surface area contributed by atoms with E-state index >= 15 is 0 Å². The minimum Gasteiger partial charge on any atom is -0.497 e. The van der Waals surface area contributed by atoms with Gasteiger partial charge < -0.3 is 14.4 Å². The van der Waals surface area contributed by atoms with Crippen LogP contribution in [-0.2, 0) is 7.05 Å². The zero-order chi connectivity index (χ0) is 24.2. The van der Waals surface area contributed by atoms with Crippen molar-refractivity contribution in [3.8, 4) is 34.1 Å². The Kier molecular flexibility index (Phi) is 6.94. The van der Waals surface area contributed by atoms with E-state index < -0.39 is 5.82 Å². The molecule has 8 heteroatoms. The molecule has 2 heterocycles. The first-order chi connectivity index (χ1) is 16.4. The van der Waals surface area contributed by atoms with Crippen molar-refractivity contribution in [2.24, 2.45) is 13.0 Å². The summed E-state index contributed by atoms with van der Waals surface area (Å²) in [6.07, 6.45) is 2.04. The van der Waals surface area contributed by atoms with Gasteiger partial charge in [-0.15, -0.1) is 0 Å². The van der Waals surface area contributed by atoms with Crippen LogP contribution in [0.3, 0.4) is 0 Å². The molecule has 1 aliphatic rings. The number of halogens is 1. The number of rotatable bonds is 6. The molecule has 0 radical (unpaired) electrons. The molecule has 176 valence electrons. The van der Waals surface area contributed by atoms with E-state index in [1.807, 2.05) is 0 Å². The zero-order valence-electron chi connectivity index (χ0n) is 19.5. The molecule has 1 saturated heterocycles. The number of likely N-dealkylation sites (tertiary alicyclic amines) is 1.